The van der Waals surface area contributed by atoms with E-state index in [0.717, 1.165) is 42.2 Å². The van der Waals surface area contributed by atoms with Crippen LogP contribution in [0.3, 0.4) is 0 Å². The van der Waals surface area contributed by atoms with Crippen molar-refractivity contribution in [3.63, 3.8) is 0 Å². The van der Waals surface area contributed by atoms with Crippen LogP contribution in [0.2, 0.25) is 0 Å². The normalized spacial score (nSPS) is 17.9. The molecule has 0 atom stereocenters. The monoisotopic (exact) mass is 190 g/mol. The second-order valence-corrected chi connectivity index (χ2v) is 3.48. The lowest BCUT2D eigenvalue weighted by atomic mass is 9.87. The van der Waals surface area contributed by atoms with E-state index >= 15 is 0 Å². The van der Waals surface area contributed by atoms with Gasteiger partial charge < -0.3 is 0 Å². The molecule has 2 heteroatoms. The van der Waals surface area contributed by atoms with Gasteiger partial charge in [-0.3, -0.25) is 4.79 Å². The molecule has 1 aromatic carbocycles. The van der Waals surface area contributed by atoms with Crippen molar-refractivity contribution in [1.82, 2.24) is 0 Å². The molecular formula is C12H11FO. The molecule has 0 N–H and O–H groups in total. The van der Waals surface area contributed by atoms with Crippen molar-refractivity contribution in [1.29, 1.82) is 0 Å². The number of aryl methyl sites for hydroxylation is 1. The van der Waals surface area contributed by atoms with Crippen LogP contribution < -0.4 is 0 Å². The van der Waals surface area contributed by atoms with Crippen molar-refractivity contribution >= 4 is 11.9 Å². The number of rotatable bonds is 1. The van der Waals surface area contributed by atoms with Gasteiger partial charge in [0.05, 0.1) is 0 Å². The molecule has 0 heterocycles. The fourth-order valence-electron chi connectivity index (χ4n) is 1.92. The highest BCUT2D eigenvalue weighted by Crippen LogP contribution is 2.30. The van der Waals surface area contributed by atoms with Gasteiger partial charge in [-0.1, -0.05) is 6.07 Å². The number of benzene rings is 1. The summed E-state index contributed by atoms with van der Waals surface area (Å²) >= 11 is 0. The van der Waals surface area contributed by atoms with Crippen LogP contribution in [0.4, 0.5) is 4.39 Å². The standard InChI is InChI=1S/C12H11FO/c13-11-5-4-9-2-1-3-10(6-7-14)12(9)8-11/h4-8H,1-3H2/b10-6+. The molecule has 14 heavy (non-hydrogen) atoms. The van der Waals surface area contributed by atoms with E-state index < -0.39 is 0 Å². The van der Waals surface area contributed by atoms with E-state index in [9.17, 15) is 9.18 Å². The Hall–Kier alpha value is -1.44. The van der Waals surface area contributed by atoms with Crippen molar-refractivity contribution in [3.05, 3.63) is 41.2 Å². The van der Waals surface area contributed by atoms with Crippen molar-refractivity contribution in [3.8, 4) is 0 Å². The molecule has 0 amide bonds. The zero-order valence-corrected chi connectivity index (χ0v) is 7.79. The van der Waals surface area contributed by atoms with E-state index in [0.29, 0.717) is 0 Å². The summed E-state index contributed by atoms with van der Waals surface area (Å²) in [4.78, 5) is 10.4. The summed E-state index contributed by atoms with van der Waals surface area (Å²) in [5, 5.41) is 0. The molecule has 0 spiro atoms. The molecule has 0 unspecified atom stereocenters. The molecule has 2 rings (SSSR count). The van der Waals surface area contributed by atoms with Crippen LogP contribution in [0.25, 0.3) is 5.57 Å². The van der Waals surface area contributed by atoms with Gasteiger partial charge in [0.2, 0.25) is 0 Å². The van der Waals surface area contributed by atoms with Gasteiger partial charge in [0, 0.05) is 0 Å². The Morgan fingerprint density at radius 2 is 2.14 bits per heavy atom. The van der Waals surface area contributed by atoms with E-state index in [1.807, 2.05) is 6.07 Å². The minimum absolute atomic E-state index is 0.234. The summed E-state index contributed by atoms with van der Waals surface area (Å²) in [5.74, 6) is -0.234. The Kier molecular flexibility index (Phi) is 2.44. The van der Waals surface area contributed by atoms with Crippen molar-refractivity contribution in [2.24, 2.45) is 0 Å². The predicted molar refractivity (Wildman–Crippen MR) is 53.4 cm³/mol. The fourth-order valence-corrected chi connectivity index (χ4v) is 1.92. The predicted octanol–water partition coefficient (Wildman–Crippen LogP) is 2.74. The third-order valence-corrected chi connectivity index (χ3v) is 2.58. The molecule has 0 saturated carbocycles. The van der Waals surface area contributed by atoms with Crippen molar-refractivity contribution < 1.29 is 9.18 Å². The molecule has 0 saturated heterocycles. The topological polar surface area (TPSA) is 17.1 Å². The summed E-state index contributed by atoms with van der Waals surface area (Å²) < 4.78 is 13.0. The average Bonchev–Trinajstić information content (AvgIpc) is 2.19. The number of halogens is 1. The Bertz CT molecular complexity index is 393. The Balaban J connectivity index is 2.52. The minimum Gasteiger partial charge on any atom is -0.299 e. The quantitative estimate of drug-likeness (QED) is 0.491. The molecule has 1 aromatic rings. The van der Waals surface area contributed by atoms with E-state index in [1.54, 1.807) is 0 Å². The lowest BCUT2D eigenvalue weighted by Crippen LogP contribution is -2.02. The van der Waals surface area contributed by atoms with Gasteiger partial charge in [-0.2, -0.15) is 0 Å². The van der Waals surface area contributed by atoms with Crippen LogP contribution in [0.5, 0.6) is 0 Å². The highest BCUT2D eigenvalue weighted by Gasteiger charge is 2.13. The summed E-state index contributed by atoms with van der Waals surface area (Å²) in [7, 11) is 0. The zero-order valence-electron chi connectivity index (χ0n) is 7.79. The number of carbonyl (C=O) groups excluding carboxylic acids is 1. The second kappa shape index (κ2) is 3.74. The van der Waals surface area contributed by atoms with Gasteiger partial charge >= 0.3 is 0 Å². The maximum atomic E-state index is 13.0. The molecule has 0 radical (unpaired) electrons. The Labute approximate surface area is 82.3 Å². The molecule has 0 aromatic heterocycles. The third-order valence-electron chi connectivity index (χ3n) is 2.58. The summed E-state index contributed by atoms with van der Waals surface area (Å²) in [5.41, 5.74) is 3.01. The number of allylic oxidation sites excluding steroid dienone is 2. The molecule has 1 nitrogen and oxygen atoms in total. The van der Waals surface area contributed by atoms with Crippen LogP contribution >= 0.6 is 0 Å². The summed E-state index contributed by atoms with van der Waals surface area (Å²) in [6.07, 6.45) is 5.20. The first-order valence-electron chi connectivity index (χ1n) is 4.74. The van der Waals surface area contributed by atoms with E-state index in [1.165, 1.54) is 18.2 Å². The highest BCUT2D eigenvalue weighted by molar-refractivity contribution is 5.83. The molecule has 0 bridgehead atoms. The molecule has 72 valence electrons. The maximum Gasteiger partial charge on any atom is 0.143 e. The number of fused-ring (bicyclic) bond motifs is 1. The van der Waals surface area contributed by atoms with E-state index in [4.69, 9.17) is 0 Å². The average molecular weight is 190 g/mol. The van der Waals surface area contributed by atoms with Gasteiger partial charge in [-0.05, 0) is 54.2 Å². The van der Waals surface area contributed by atoms with E-state index in [2.05, 4.69) is 0 Å². The van der Waals surface area contributed by atoms with E-state index in [-0.39, 0.29) is 5.82 Å². The van der Waals surface area contributed by atoms with Crippen molar-refractivity contribution in [2.75, 3.05) is 0 Å². The van der Waals surface area contributed by atoms with Crippen LogP contribution in [-0.2, 0) is 11.2 Å². The smallest absolute Gasteiger partial charge is 0.143 e. The minimum atomic E-state index is -0.234. The Morgan fingerprint density at radius 3 is 2.93 bits per heavy atom. The first-order chi connectivity index (χ1) is 6.81. The first kappa shape index (κ1) is 9.13. The fraction of sp³-hybridized carbons (Fsp3) is 0.250. The van der Waals surface area contributed by atoms with Crippen LogP contribution in [0, 0.1) is 5.82 Å². The van der Waals surface area contributed by atoms with Gasteiger partial charge in [0.15, 0.2) is 0 Å². The Morgan fingerprint density at radius 1 is 1.29 bits per heavy atom. The van der Waals surface area contributed by atoms with Gasteiger partial charge in [-0.25, -0.2) is 4.39 Å². The van der Waals surface area contributed by atoms with Gasteiger partial charge in [-0.15, -0.1) is 0 Å². The summed E-state index contributed by atoms with van der Waals surface area (Å²) in [6.45, 7) is 0. The van der Waals surface area contributed by atoms with Gasteiger partial charge in [0.1, 0.15) is 12.1 Å². The maximum absolute atomic E-state index is 13.0. The summed E-state index contributed by atoms with van der Waals surface area (Å²) in [6, 6.07) is 4.80. The molecular weight excluding hydrogens is 179 g/mol. The number of carbonyl (C=O) groups is 1. The molecule has 0 fully saturated rings. The molecule has 0 aliphatic heterocycles. The van der Waals surface area contributed by atoms with Crippen molar-refractivity contribution in [2.45, 2.75) is 19.3 Å². The number of hydrogen-bond donors (Lipinski definition) is 0. The zero-order chi connectivity index (χ0) is 9.97. The lowest BCUT2D eigenvalue weighted by molar-refractivity contribution is -0.104. The highest BCUT2D eigenvalue weighted by atomic mass is 19.1. The van der Waals surface area contributed by atoms with Gasteiger partial charge in [0.25, 0.3) is 0 Å². The lowest BCUT2D eigenvalue weighted by Gasteiger charge is -2.18. The SMILES string of the molecule is O=C/C=C1\CCCc2ccc(F)cc21. The largest absolute Gasteiger partial charge is 0.299 e. The number of hydrogen-bond acceptors (Lipinski definition) is 1. The van der Waals surface area contributed by atoms with Crippen LogP contribution in [-0.4, -0.2) is 6.29 Å². The number of aldehydes is 1. The van der Waals surface area contributed by atoms with Crippen LogP contribution in [0.15, 0.2) is 24.3 Å². The molecule has 1 aliphatic carbocycles. The third kappa shape index (κ3) is 1.60. The first-order valence-corrected chi connectivity index (χ1v) is 4.74. The van der Waals surface area contributed by atoms with Crippen LogP contribution in [0.1, 0.15) is 24.0 Å². The molecule has 1 aliphatic rings. The second-order valence-electron chi connectivity index (χ2n) is 3.48.